The SMILES string of the molecule is COc1ccc(C(=O)NN=C(C)c2cccc(C(C)=NNC(=O)c3ccc(OC)cc3)n2)cc1. The third-order valence-corrected chi connectivity index (χ3v) is 4.85. The number of carbonyl (C=O) groups excluding carboxylic acids is 2. The Morgan fingerprint density at radius 3 is 1.41 bits per heavy atom. The van der Waals surface area contributed by atoms with Gasteiger partial charge in [-0.3, -0.25) is 9.59 Å². The lowest BCUT2D eigenvalue weighted by molar-refractivity contribution is 0.0947. The quantitative estimate of drug-likeness (QED) is 0.396. The van der Waals surface area contributed by atoms with Crippen molar-refractivity contribution in [1.82, 2.24) is 15.8 Å². The van der Waals surface area contributed by atoms with E-state index in [1.807, 2.05) is 0 Å². The summed E-state index contributed by atoms with van der Waals surface area (Å²) in [4.78, 5) is 29.1. The van der Waals surface area contributed by atoms with E-state index in [-0.39, 0.29) is 11.8 Å². The number of hydrogen-bond acceptors (Lipinski definition) is 7. The summed E-state index contributed by atoms with van der Waals surface area (Å²) >= 11 is 0. The van der Waals surface area contributed by atoms with Gasteiger partial charge in [0, 0.05) is 11.1 Å². The number of amides is 2. The summed E-state index contributed by atoms with van der Waals surface area (Å²) in [6.07, 6.45) is 0. The van der Waals surface area contributed by atoms with Crippen LogP contribution in [0.2, 0.25) is 0 Å². The molecule has 2 N–H and O–H groups in total. The van der Waals surface area contributed by atoms with Gasteiger partial charge in [0.25, 0.3) is 11.8 Å². The smallest absolute Gasteiger partial charge is 0.271 e. The van der Waals surface area contributed by atoms with Crippen molar-refractivity contribution in [3.05, 3.63) is 89.2 Å². The maximum absolute atomic E-state index is 12.3. The van der Waals surface area contributed by atoms with Gasteiger partial charge in [-0.2, -0.15) is 10.2 Å². The van der Waals surface area contributed by atoms with Crippen molar-refractivity contribution in [2.45, 2.75) is 13.8 Å². The van der Waals surface area contributed by atoms with E-state index in [0.717, 1.165) is 0 Å². The predicted molar refractivity (Wildman–Crippen MR) is 130 cm³/mol. The predicted octanol–water partition coefficient (Wildman–Crippen LogP) is 3.41. The lowest BCUT2D eigenvalue weighted by Crippen LogP contribution is -2.20. The first kappa shape index (κ1) is 24.1. The Bertz CT molecular complexity index is 1130. The molecule has 3 aromatic rings. The molecule has 0 bridgehead atoms. The Labute approximate surface area is 197 Å². The van der Waals surface area contributed by atoms with Crippen LogP contribution in [0.25, 0.3) is 0 Å². The van der Waals surface area contributed by atoms with Crippen molar-refractivity contribution >= 4 is 23.2 Å². The zero-order valence-electron chi connectivity index (χ0n) is 19.3. The van der Waals surface area contributed by atoms with E-state index in [0.29, 0.717) is 45.4 Å². The minimum atomic E-state index is -0.350. The van der Waals surface area contributed by atoms with Gasteiger partial charge in [-0.15, -0.1) is 0 Å². The Morgan fingerprint density at radius 2 is 1.06 bits per heavy atom. The fourth-order valence-electron chi connectivity index (χ4n) is 2.84. The van der Waals surface area contributed by atoms with Crippen molar-refractivity contribution in [2.75, 3.05) is 14.2 Å². The molecule has 0 atom stereocenters. The molecule has 2 aromatic carbocycles. The molecule has 1 aromatic heterocycles. The first-order chi connectivity index (χ1) is 16.4. The first-order valence-corrected chi connectivity index (χ1v) is 10.4. The van der Waals surface area contributed by atoms with Gasteiger partial charge in [0.15, 0.2) is 0 Å². The van der Waals surface area contributed by atoms with Gasteiger partial charge in [-0.05, 0) is 74.5 Å². The van der Waals surface area contributed by atoms with Crippen LogP contribution < -0.4 is 20.3 Å². The van der Waals surface area contributed by atoms with Crippen LogP contribution in [-0.4, -0.2) is 42.4 Å². The number of nitrogens with zero attached hydrogens (tertiary/aromatic N) is 3. The van der Waals surface area contributed by atoms with E-state index in [9.17, 15) is 9.59 Å². The Balaban J connectivity index is 1.65. The maximum Gasteiger partial charge on any atom is 0.271 e. The normalized spacial score (nSPS) is 11.5. The van der Waals surface area contributed by atoms with Crippen LogP contribution in [0.4, 0.5) is 0 Å². The molecule has 1 heterocycles. The minimum absolute atomic E-state index is 0.350. The van der Waals surface area contributed by atoms with Crippen LogP contribution in [0.1, 0.15) is 46.0 Å². The van der Waals surface area contributed by atoms with Crippen molar-refractivity contribution < 1.29 is 19.1 Å². The molecule has 3 rings (SSSR count). The molecule has 9 heteroatoms. The van der Waals surface area contributed by atoms with Crippen molar-refractivity contribution in [3.63, 3.8) is 0 Å². The molecule has 0 saturated carbocycles. The van der Waals surface area contributed by atoms with Gasteiger partial charge in [-0.25, -0.2) is 15.8 Å². The number of carbonyl (C=O) groups is 2. The third-order valence-electron chi connectivity index (χ3n) is 4.85. The van der Waals surface area contributed by atoms with Crippen LogP contribution in [0.3, 0.4) is 0 Å². The zero-order valence-corrected chi connectivity index (χ0v) is 19.3. The van der Waals surface area contributed by atoms with Gasteiger partial charge >= 0.3 is 0 Å². The molecular formula is C25H25N5O4. The van der Waals surface area contributed by atoms with Gasteiger partial charge in [0.05, 0.1) is 37.0 Å². The van der Waals surface area contributed by atoms with Gasteiger partial charge in [0.2, 0.25) is 0 Å². The fourth-order valence-corrected chi connectivity index (χ4v) is 2.84. The minimum Gasteiger partial charge on any atom is -0.497 e. The molecule has 9 nitrogen and oxygen atoms in total. The highest BCUT2D eigenvalue weighted by molar-refractivity contribution is 6.02. The summed E-state index contributed by atoms with van der Waals surface area (Å²) in [6, 6.07) is 18.7. The van der Waals surface area contributed by atoms with Crippen LogP contribution in [-0.2, 0) is 0 Å². The van der Waals surface area contributed by atoms with Crippen LogP contribution >= 0.6 is 0 Å². The molecule has 0 aliphatic heterocycles. The van der Waals surface area contributed by atoms with Crippen LogP contribution in [0.5, 0.6) is 11.5 Å². The van der Waals surface area contributed by atoms with Gasteiger partial charge < -0.3 is 9.47 Å². The van der Waals surface area contributed by atoms with Gasteiger partial charge in [-0.1, -0.05) is 6.07 Å². The highest BCUT2D eigenvalue weighted by atomic mass is 16.5. The molecule has 0 spiro atoms. The fraction of sp³-hybridized carbons (Fsp3) is 0.160. The molecule has 0 aliphatic rings. The Hall–Kier alpha value is -4.53. The topological polar surface area (TPSA) is 114 Å². The summed E-state index contributed by atoms with van der Waals surface area (Å²) in [5.41, 5.74) is 8.09. The zero-order chi connectivity index (χ0) is 24.5. The first-order valence-electron chi connectivity index (χ1n) is 10.4. The highest BCUT2D eigenvalue weighted by Gasteiger charge is 2.09. The average Bonchev–Trinajstić information content (AvgIpc) is 2.90. The molecule has 0 radical (unpaired) electrons. The molecule has 34 heavy (non-hydrogen) atoms. The standard InChI is InChI=1S/C25H25N5O4/c1-16(27-29-24(31)18-8-12-20(33-3)13-9-18)22-6-5-7-23(26-22)17(2)28-30-25(32)19-10-14-21(34-4)15-11-19/h5-15H,1-4H3,(H,29,31)(H,30,32). The van der Waals surface area contributed by atoms with Crippen LogP contribution in [0, 0.1) is 0 Å². The number of ether oxygens (including phenoxy) is 2. The summed E-state index contributed by atoms with van der Waals surface area (Å²) in [7, 11) is 3.12. The van der Waals surface area contributed by atoms with E-state index in [2.05, 4.69) is 26.0 Å². The monoisotopic (exact) mass is 459 g/mol. The average molecular weight is 460 g/mol. The molecule has 0 aliphatic carbocycles. The lowest BCUT2D eigenvalue weighted by Gasteiger charge is -2.06. The number of aromatic nitrogens is 1. The lowest BCUT2D eigenvalue weighted by atomic mass is 10.2. The number of rotatable bonds is 8. The highest BCUT2D eigenvalue weighted by Crippen LogP contribution is 2.12. The van der Waals surface area contributed by atoms with Crippen molar-refractivity contribution in [3.8, 4) is 11.5 Å². The third kappa shape index (κ3) is 6.26. The number of pyridine rings is 1. The second kappa shape index (κ2) is 11.4. The molecule has 0 fully saturated rings. The number of hydrogen-bond donors (Lipinski definition) is 2. The van der Waals surface area contributed by atoms with E-state index >= 15 is 0 Å². The van der Waals surface area contributed by atoms with Crippen molar-refractivity contribution in [1.29, 1.82) is 0 Å². The largest absolute Gasteiger partial charge is 0.497 e. The molecular weight excluding hydrogens is 434 g/mol. The van der Waals surface area contributed by atoms with E-state index < -0.39 is 0 Å². The second-order valence-corrected chi connectivity index (χ2v) is 7.14. The van der Waals surface area contributed by atoms with Crippen molar-refractivity contribution in [2.24, 2.45) is 10.2 Å². The molecule has 2 amide bonds. The number of nitrogens with one attached hydrogen (secondary N) is 2. The summed E-state index contributed by atoms with van der Waals surface area (Å²) in [5, 5.41) is 8.29. The second-order valence-electron chi connectivity index (χ2n) is 7.14. The number of hydrazone groups is 2. The maximum atomic E-state index is 12.3. The summed E-state index contributed by atoms with van der Waals surface area (Å²) in [6.45, 7) is 3.47. The molecule has 174 valence electrons. The van der Waals surface area contributed by atoms with E-state index in [1.165, 1.54) is 0 Å². The molecule has 0 unspecified atom stereocenters. The molecule has 0 saturated heterocycles. The van der Waals surface area contributed by atoms with E-state index in [4.69, 9.17) is 9.47 Å². The van der Waals surface area contributed by atoms with E-state index in [1.54, 1.807) is 94.8 Å². The van der Waals surface area contributed by atoms with Gasteiger partial charge in [0.1, 0.15) is 11.5 Å². The Kier molecular flexibility index (Phi) is 8.07. The number of benzene rings is 2. The van der Waals surface area contributed by atoms with Crippen LogP contribution in [0.15, 0.2) is 76.9 Å². The summed E-state index contributed by atoms with van der Waals surface area (Å²) < 4.78 is 10.2. The Morgan fingerprint density at radius 1 is 0.676 bits per heavy atom. The number of methoxy groups -OCH3 is 2. The summed E-state index contributed by atoms with van der Waals surface area (Å²) in [5.74, 6) is 0.623.